The monoisotopic (exact) mass is 365 g/mol. The molecule has 1 N–H and O–H groups in total. The van der Waals surface area contributed by atoms with E-state index in [0.717, 1.165) is 23.5 Å². The quantitative estimate of drug-likeness (QED) is 0.552. The summed E-state index contributed by atoms with van der Waals surface area (Å²) in [6.45, 7) is -0.403. The molecule has 0 atom stereocenters. The maximum absolute atomic E-state index is 13.2. The second-order valence-electron chi connectivity index (χ2n) is 4.84. The fraction of sp³-hybridized carbons (Fsp3) is 0.0667. The molecule has 10 heteroatoms. The fourth-order valence-corrected chi connectivity index (χ4v) is 2.86. The molecule has 2 aromatic carbocycles. The number of hydrogen-bond acceptors (Lipinski definition) is 6. The number of nitro groups is 1. The molecule has 25 heavy (non-hydrogen) atoms. The van der Waals surface area contributed by atoms with Crippen LogP contribution in [0.3, 0.4) is 0 Å². The lowest BCUT2D eigenvalue weighted by Gasteiger charge is -2.05. The van der Waals surface area contributed by atoms with Crippen molar-refractivity contribution in [1.29, 1.82) is 0 Å². The van der Waals surface area contributed by atoms with Gasteiger partial charge in [0.05, 0.1) is 21.2 Å². The van der Waals surface area contributed by atoms with Crippen LogP contribution in [0.4, 0.5) is 19.6 Å². The Balaban J connectivity index is 1.64. The Bertz CT molecular complexity index is 938. The van der Waals surface area contributed by atoms with Gasteiger partial charge in [-0.05, 0) is 12.1 Å². The van der Waals surface area contributed by atoms with Crippen molar-refractivity contribution >= 4 is 38.3 Å². The number of rotatable bonds is 5. The van der Waals surface area contributed by atoms with Gasteiger partial charge in [0.1, 0.15) is 5.75 Å². The lowest BCUT2D eigenvalue weighted by Crippen LogP contribution is -2.20. The minimum atomic E-state index is -1.02. The Labute approximate surface area is 143 Å². The minimum absolute atomic E-state index is 0.159. The Hall–Kier alpha value is -3.14. The number of nitrogens with one attached hydrogen (secondary N) is 1. The Morgan fingerprint density at radius 1 is 1.28 bits per heavy atom. The van der Waals surface area contributed by atoms with Gasteiger partial charge in [-0.2, -0.15) is 0 Å². The molecule has 0 aliphatic heterocycles. The topological polar surface area (TPSA) is 94.4 Å². The van der Waals surface area contributed by atoms with Crippen LogP contribution in [-0.2, 0) is 4.79 Å². The molecule has 3 aromatic rings. The largest absolute Gasteiger partial charge is 0.484 e. The van der Waals surface area contributed by atoms with Crippen LogP contribution in [-0.4, -0.2) is 22.4 Å². The van der Waals surface area contributed by atoms with E-state index in [2.05, 4.69) is 10.3 Å². The average Bonchev–Trinajstić information content (AvgIpc) is 2.94. The van der Waals surface area contributed by atoms with E-state index in [1.165, 1.54) is 24.3 Å². The summed E-state index contributed by atoms with van der Waals surface area (Å²) in [5.74, 6) is -2.42. The van der Waals surface area contributed by atoms with Crippen molar-refractivity contribution in [1.82, 2.24) is 4.98 Å². The van der Waals surface area contributed by atoms with Crippen molar-refractivity contribution in [2.24, 2.45) is 0 Å². The molecular weight excluding hydrogens is 356 g/mol. The van der Waals surface area contributed by atoms with Gasteiger partial charge >= 0.3 is 0 Å². The van der Waals surface area contributed by atoms with E-state index in [-0.39, 0.29) is 22.1 Å². The van der Waals surface area contributed by atoms with Gasteiger partial charge in [0, 0.05) is 12.1 Å². The van der Waals surface area contributed by atoms with Gasteiger partial charge in [-0.15, -0.1) is 0 Å². The molecule has 0 unspecified atom stereocenters. The molecule has 3 rings (SSSR count). The number of aromatic nitrogens is 1. The van der Waals surface area contributed by atoms with E-state index >= 15 is 0 Å². The molecule has 7 nitrogen and oxygen atoms in total. The minimum Gasteiger partial charge on any atom is -0.484 e. The standard InChI is InChI=1S/C15H9F2N3O4S/c16-10-5-12-13(6-11(10)17)25-15(18-12)19-14(21)7-24-9-3-1-2-8(4-9)20(22)23/h1-6H,7H2,(H,18,19,21). The van der Waals surface area contributed by atoms with Gasteiger partial charge < -0.3 is 4.74 Å². The first-order chi connectivity index (χ1) is 11.9. The maximum Gasteiger partial charge on any atom is 0.273 e. The molecule has 0 bridgehead atoms. The third kappa shape index (κ3) is 3.86. The first kappa shape index (κ1) is 16.7. The number of fused-ring (bicyclic) bond motifs is 1. The summed E-state index contributed by atoms with van der Waals surface area (Å²) in [7, 11) is 0. The number of ether oxygens (including phenoxy) is 1. The summed E-state index contributed by atoms with van der Waals surface area (Å²) in [5, 5.41) is 13.3. The molecule has 0 aliphatic carbocycles. The van der Waals surface area contributed by atoms with Crippen LogP contribution in [0.1, 0.15) is 0 Å². The van der Waals surface area contributed by atoms with Crippen LogP contribution >= 0.6 is 11.3 Å². The van der Waals surface area contributed by atoms with Crippen LogP contribution in [0.15, 0.2) is 36.4 Å². The number of halogens is 2. The highest BCUT2D eigenvalue weighted by molar-refractivity contribution is 7.22. The Morgan fingerprint density at radius 2 is 2.04 bits per heavy atom. The number of thiazole rings is 1. The molecule has 0 spiro atoms. The van der Waals surface area contributed by atoms with Crippen LogP contribution in [0.5, 0.6) is 5.75 Å². The first-order valence-electron chi connectivity index (χ1n) is 6.85. The summed E-state index contributed by atoms with van der Waals surface area (Å²) in [6.07, 6.45) is 0. The van der Waals surface area contributed by atoms with E-state index in [1.54, 1.807) is 0 Å². The molecule has 0 saturated carbocycles. The third-order valence-corrected chi connectivity index (χ3v) is 4.01. The number of nitrogens with zero attached hydrogens (tertiary/aromatic N) is 2. The van der Waals surface area contributed by atoms with Gasteiger partial charge in [-0.25, -0.2) is 13.8 Å². The van der Waals surface area contributed by atoms with Crippen LogP contribution in [0.2, 0.25) is 0 Å². The Morgan fingerprint density at radius 3 is 2.80 bits per heavy atom. The molecular formula is C15H9F2N3O4S. The molecule has 128 valence electrons. The molecule has 0 saturated heterocycles. The van der Waals surface area contributed by atoms with Gasteiger partial charge in [-0.1, -0.05) is 17.4 Å². The summed E-state index contributed by atoms with van der Waals surface area (Å²) < 4.78 is 31.9. The van der Waals surface area contributed by atoms with Crippen molar-refractivity contribution in [3.63, 3.8) is 0 Å². The first-order valence-corrected chi connectivity index (χ1v) is 7.67. The predicted molar refractivity (Wildman–Crippen MR) is 86.8 cm³/mol. The second kappa shape index (κ2) is 6.77. The molecule has 0 aliphatic rings. The van der Waals surface area contributed by atoms with Gasteiger partial charge in [-0.3, -0.25) is 20.2 Å². The van der Waals surface area contributed by atoms with E-state index in [4.69, 9.17) is 4.74 Å². The number of carbonyl (C=O) groups is 1. The highest BCUT2D eigenvalue weighted by Crippen LogP contribution is 2.27. The Kier molecular flexibility index (Phi) is 4.52. The van der Waals surface area contributed by atoms with Gasteiger partial charge in [0.25, 0.3) is 11.6 Å². The normalized spacial score (nSPS) is 10.6. The molecule has 1 amide bonds. The zero-order valence-corrected chi connectivity index (χ0v) is 13.2. The number of amides is 1. The fourth-order valence-electron chi connectivity index (χ4n) is 1.97. The summed E-state index contributed by atoms with van der Waals surface area (Å²) in [6, 6.07) is 7.34. The number of nitro benzene ring substituents is 1. The van der Waals surface area contributed by atoms with Crippen molar-refractivity contribution in [2.45, 2.75) is 0 Å². The van der Waals surface area contributed by atoms with E-state index in [1.807, 2.05) is 0 Å². The SMILES string of the molecule is O=C(COc1cccc([N+](=O)[O-])c1)Nc1nc2cc(F)c(F)cc2s1. The lowest BCUT2D eigenvalue weighted by atomic mass is 10.3. The number of carbonyl (C=O) groups excluding carboxylic acids is 1. The number of non-ortho nitro benzene ring substituents is 1. The van der Waals surface area contributed by atoms with Crippen LogP contribution < -0.4 is 10.1 Å². The molecule has 0 fully saturated rings. The van der Waals surface area contributed by atoms with E-state index in [0.29, 0.717) is 4.70 Å². The van der Waals surface area contributed by atoms with Crippen molar-refractivity contribution < 1.29 is 23.2 Å². The molecule has 0 radical (unpaired) electrons. The zero-order valence-electron chi connectivity index (χ0n) is 12.4. The van der Waals surface area contributed by atoms with E-state index in [9.17, 15) is 23.7 Å². The number of hydrogen-bond donors (Lipinski definition) is 1. The van der Waals surface area contributed by atoms with Gasteiger partial charge in [0.2, 0.25) is 0 Å². The molecule has 1 heterocycles. The van der Waals surface area contributed by atoms with Gasteiger partial charge in [0.15, 0.2) is 23.4 Å². The number of benzene rings is 2. The van der Waals surface area contributed by atoms with Crippen LogP contribution in [0, 0.1) is 21.7 Å². The van der Waals surface area contributed by atoms with Crippen molar-refractivity contribution in [2.75, 3.05) is 11.9 Å². The second-order valence-corrected chi connectivity index (χ2v) is 5.88. The zero-order chi connectivity index (χ0) is 18.0. The third-order valence-electron chi connectivity index (χ3n) is 3.08. The highest BCUT2D eigenvalue weighted by atomic mass is 32.1. The summed E-state index contributed by atoms with van der Waals surface area (Å²) >= 11 is 0.982. The average molecular weight is 365 g/mol. The highest BCUT2D eigenvalue weighted by Gasteiger charge is 2.12. The summed E-state index contributed by atoms with van der Waals surface area (Å²) in [4.78, 5) is 25.9. The summed E-state index contributed by atoms with van der Waals surface area (Å²) in [5.41, 5.74) is 0.0620. The number of anilines is 1. The lowest BCUT2D eigenvalue weighted by molar-refractivity contribution is -0.384. The molecule has 1 aromatic heterocycles. The van der Waals surface area contributed by atoms with Crippen LogP contribution in [0.25, 0.3) is 10.2 Å². The smallest absolute Gasteiger partial charge is 0.273 e. The van der Waals surface area contributed by atoms with Crippen molar-refractivity contribution in [3.05, 3.63) is 58.1 Å². The maximum atomic E-state index is 13.2. The van der Waals surface area contributed by atoms with Crippen molar-refractivity contribution in [3.8, 4) is 5.75 Å². The van der Waals surface area contributed by atoms with E-state index < -0.39 is 29.1 Å². The predicted octanol–water partition coefficient (Wildman–Crippen LogP) is 3.50.